The van der Waals surface area contributed by atoms with Crippen LogP contribution in [0.2, 0.25) is 0 Å². The fourth-order valence-corrected chi connectivity index (χ4v) is 4.37. The first-order valence-corrected chi connectivity index (χ1v) is 13.4. The van der Waals surface area contributed by atoms with Crippen molar-refractivity contribution in [3.05, 3.63) is 140 Å². The average Bonchev–Trinajstić information content (AvgIpc) is 3.01. The third-order valence-corrected chi connectivity index (χ3v) is 6.71. The van der Waals surface area contributed by atoms with Crippen LogP contribution in [0.25, 0.3) is 10.8 Å². The largest absolute Gasteiger partial charge is 0.488 e. The van der Waals surface area contributed by atoms with E-state index < -0.39 is 23.4 Å². The number of para-hydroxylation sites is 1. The number of fused-ring (bicyclic) bond motifs is 1. The number of carbonyl (C=O) groups excluding carboxylic acids is 2. The summed E-state index contributed by atoms with van der Waals surface area (Å²) < 4.78 is 6.96. The number of hydrazone groups is 1. The standard InChI is InChI=1S/C31H24BrN5O4/c32-23-16-14-20(15-17-23)19-41-26-13-7-4-10-22(26)18-33-36-31(40)28(34-29(38)21-8-2-1-3-9-21)27-24-11-5-6-12-25(24)30(39)37-35-27/h1-18,28H,19H2,(H,34,38)(H,36,40)(H,37,39). The fraction of sp³-hybridized carbons (Fsp3) is 0.0645. The van der Waals surface area contributed by atoms with E-state index in [1.54, 1.807) is 66.7 Å². The van der Waals surface area contributed by atoms with Crippen molar-refractivity contribution in [1.82, 2.24) is 20.9 Å². The van der Waals surface area contributed by atoms with Crippen molar-refractivity contribution in [2.45, 2.75) is 12.6 Å². The molecule has 3 N–H and O–H groups in total. The monoisotopic (exact) mass is 609 g/mol. The Morgan fingerprint density at radius 1 is 0.902 bits per heavy atom. The summed E-state index contributed by atoms with van der Waals surface area (Å²) in [6, 6.07) is 29.0. The van der Waals surface area contributed by atoms with E-state index in [9.17, 15) is 14.4 Å². The Morgan fingerprint density at radius 2 is 1.59 bits per heavy atom. The fourth-order valence-electron chi connectivity index (χ4n) is 4.11. The number of hydrogen-bond donors (Lipinski definition) is 3. The summed E-state index contributed by atoms with van der Waals surface area (Å²) in [4.78, 5) is 38.8. The first kappa shape index (κ1) is 27.5. The molecule has 0 bridgehead atoms. The van der Waals surface area contributed by atoms with Gasteiger partial charge in [-0.25, -0.2) is 10.5 Å². The van der Waals surface area contributed by atoms with E-state index in [1.807, 2.05) is 36.4 Å². The van der Waals surface area contributed by atoms with E-state index in [2.05, 4.69) is 42.0 Å². The topological polar surface area (TPSA) is 126 Å². The molecule has 41 heavy (non-hydrogen) atoms. The molecule has 0 spiro atoms. The number of benzene rings is 4. The van der Waals surface area contributed by atoms with Crippen molar-refractivity contribution in [3.63, 3.8) is 0 Å². The predicted molar refractivity (Wildman–Crippen MR) is 160 cm³/mol. The summed E-state index contributed by atoms with van der Waals surface area (Å²) in [5.74, 6) is -0.558. The number of rotatable bonds is 9. The second kappa shape index (κ2) is 12.8. The molecule has 2 amide bonds. The normalized spacial score (nSPS) is 11.7. The van der Waals surface area contributed by atoms with Gasteiger partial charge in [0.1, 0.15) is 18.1 Å². The Kier molecular flexibility index (Phi) is 8.61. The van der Waals surface area contributed by atoms with Crippen LogP contribution in [0.1, 0.15) is 33.2 Å². The third-order valence-electron chi connectivity index (χ3n) is 6.18. The van der Waals surface area contributed by atoms with E-state index in [-0.39, 0.29) is 5.69 Å². The van der Waals surface area contributed by atoms with Gasteiger partial charge < -0.3 is 10.1 Å². The molecule has 9 nitrogen and oxygen atoms in total. The van der Waals surface area contributed by atoms with Gasteiger partial charge in [-0.3, -0.25) is 14.4 Å². The van der Waals surface area contributed by atoms with Crippen LogP contribution in [0.3, 0.4) is 0 Å². The number of aromatic nitrogens is 2. The second-order valence-electron chi connectivity index (χ2n) is 8.94. The molecular formula is C31H24BrN5O4. The summed E-state index contributed by atoms with van der Waals surface area (Å²) in [6.07, 6.45) is 1.46. The van der Waals surface area contributed by atoms with Gasteiger partial charge in [-0.2, -0.15) is 10.2 Å². The highest BCUT2D eigenvalue weighted by Gasteiger charge is 2.27. The van der Waals surface area contributed by atoms with Crippen molar-refractivity contribution in [2.24, 2.45) is 5.10 Å². The summed E-state index contributed by atoms with van der Waals surface area (Å²) in [6.45, 7) is 0.350. The van der Waals surface area contributed by atoms with Gasteiger partial charge in [0.15, 0.2) is 6.04 Å². The zero-order valence-corrected chi connectivity index (χ0v) is 23.2. The number of nitrogens with one attached hydrogen (secondary N) is 3. The van der Waals surface area contributed by atoms with Gasteiger partial charge in [-0.1, -0.05) is 76.6 Å². The molecule has 0 aliphatic heterocycles. The highest BCUT2D eigenvalue weighted by Crippen LogP contribution is 2.21. The number of halogens is 1. The average molecular weight is 610 g/mol. The van der Waals surface area contributed by atoms with Crippen LogP contribution in [-0.2, 0) is 11.4 Å². The molecule has 0 aliphatic rings. The SMILES string of the molecule is O=C(NC(C(=O)NN=Cc1ccccc1OCc1ccc(Br)cc1)c1n[nH]c(=O)c2ccccc12)c1ccccc1. The molecule has 0 aliphatic carbocycles. The van der Waals surface area contributed by atoms with Gasteiger partial charge in [0.25, 0.3) is 17.4 Å². The zero-order valence-electron chi connectivity index (χ0n) is 21.6. The first-order valence-electron chi connectivity index (χ1n) is 12.6. The maximum Gasteiger partial charge on any atom is 0.272 e. The van der Waals surface area contributed by atoms with Gasteiger partial charge in [0, 0.05) is 21.0 Å². The molecule has 0 fully saturated rings. The van der Waals surface area contributed by atoms with Gasteiger partial charge >= 0.3 is 0 Å². The van der Waals surface area contributed by atoms with E-state index in [0.29, 0.717) is 34.3 Å². The number of carbonyl (C=O) groups is 2. The Hall–Kier alpha value is -5.09. The molecule has 0 radical (unpaired) electrons. The quantitative estimate of drug-likeness (QED) is 0.162. The Bertz CT molecular complexity index is 1770. The highest BCUT2D eigenvalue weighted by atomic mass is 79.9. The predicted octanol–water partition coefficient (Wildman–Crippen LogP) is 4.89. The third kappa shape index (κ3) is 6.74. The van der Waals surface area contributed by atoms with Gasteiger partial charge in [0.05, 0.1) is 11.6 Å². The minimum absolute atomic E-state index is 0.176. The van der Waals surface area contributed by atoms with Crippen molar-refractivity contribution < 1.29 is 14.3 Å². The molecule has 0 saturated carbocycles. The zero-order chi connectivity index (χ0) is 28.6. The lowest BCUT2D eigenvalue weighted by Crippen LogP contribution is -2.40. The van der Waals surface area contributed by atoms with Crippen LogP contribution < -0.4 is 21.0 Å². The van der Waals surface area contributed by atoms with Crippen LogP contribution in [0.5, 0.6) is 5.75 Å². The molecule has 1 aromatic heterocycles. The van der Waals surface area contributed by atoms with Gasteiger partial charge in [-0.05, 0) is 48.0 Å². The van der Waals surface area contributed by atoms with Crippen LogP contribution in [0.4, 0.5) is 0 Å². The molecule has 5 aromatic rings. The molecule has 1 unspecified atom stereocenters. The number of amides is 2. The van der Waals surface area contributed by atoms with E-state index in [0.717, 1.165) is 10.0 Å². The van der Waals surface area contributed by atoms with E-state index in [4.69, 9.17) is 4.74 Å². The van der Waals surface area contributed by atoms with Crippen molar-refractivity contribution in [2.75, 3.05) is 0 Å². The smallest absolute Gasteiger partial charge is 0.272 e. The van der Waals surface area contributed by atoms with E-state index in [1.165, 1.54) is 6.21 Å². The summed E-state index contributed by atoms with van der Waals surface area (Å²) in [7, 11) is 0. The molecule has 0 saturated heterocycles. The first-order chi connectivity index (χ1) is 20.0. The number of H-pyrrole nitrogens is 1. The minimum Gasteiger partial charge on any atom is -0.488 e. The van der Waals surface area contributed by atoms with Crippen molar-refractivity contribution >= 4 is 44.7 Å². The van der Waals surface area contributed by atoms with Crippen LogP contribution >= 0.6 is 15.9 Å². The second-order valence-corrected chi connectivity index (χ2v) is 9.86. The number of hydrogen-bond acceptors (Lipinski definition) is 6. The van der Waals surface area contributed by atoms with Gasteiger partial charge in [0.2, 0.25) is 0 Å². The van der Waals surface area contributed by atoms with E-state index >= 15 is 0 Å². The minimum atomic E-state index is -1.26. The van der Waals surface area contributed by atoms with Crippen LogP contribution in [-0.4, -0.2) is 28.2 Å². The van der Waals surface area contributed by atoms with Crippen LogP contribution in [0.15, 0.2) is 117 Å². The lowest BCUT2D eigenvalue weighted by molar-refractivity contribution is -0.123. The number of nitrogens with zero attached hydrogens (tertiary/aromatic N) is 2. The molecule has 1 heterocycles. The molecular weight excluding hydrogens is 586 g/mol. The maximum absolute atomic E-state index is 13.4. The highest BCUT2D eigenvalue weighted by molar-refractivity contribution is 9.10. The number of ether oxygens (including phenoxy) is 1. The number of aromatic amines is 1. The lowest BCUT2D eigenvalue weighted by Gasteiger charge is -2.18. The molecule has 4 aromatic carbocycles. The summed E-state index contributed by atoms with van der Waals surface area (Å²) >= 11 is 3.42. The van der Waals surface area contributed by atoms with Crippen molar-refractivity contribution in [1.29, 1.82) is 0 Å². The van der Waals surface area contributed by atoms with Crippen LogP contribution in [0, 0.1) is 0 Å². The molecule has 5 rings (SSSR count). The molecule has 1 atom stereocenters. The summed E-state index contributed by atoms with van der Waals surface area (Å²) in [5.41, 5.74) is 4.26. The lowest BCUT2D eigenvalue weighted by atomic mass is 10.0. The Morgan fingerprint density at radius 3 is 2.37 bits per heavy atom. The van der Waals surface area contributed by atoms with Crippen molar-refractivity contribution in [3.8, 4) is 5.75 Å². The Labute approximate surface area is 243 Å². The molecule has 204 valence electrons. The molecule has 10 heteroatoms. The summed E-state index contributed by atoms with van der Waals surface area (Å²) in [5, 5.41) is 14.2. The maximum atomic E-state index is 13.4. The Balaban J connectivity index is 1.38. The van der Waals surface area contributed by atoms with Gasteiger partial charge in [-0.15, -0.1) is 0 Å².